The molecule has 136 valence electrons. The molecule has 6 heteroatoms. The summed E-state index contributed by atoms with van der Waals surface area (Å²) >= 11 is 0. The molecule has 1 aliphatic rings. The lowest BCUT2D eigenvalue weighted by molar-refractivity contribution is -0.141. The first-order chi connectivity index (χ1) is 11.8. The topological polar surface area (TPSA) is 68.7 Å². The van der Waals surface area contributed by atoms with E-state index in [1.165, 1.54) is 0 Å². The summed E-state index contributed by atoms with van der Waals surface area (Å²) in [5, 5.41) is 0. The average molecular weight is 346 g/mol. The summed E-state index contributed by atoms with van der Waals surface area (Å²) in [7, 11) is 0. The van der Waals surface area contributed by atoms with Gasteiger partial charge in [0.1, 0.15) is 23.3 Å². The van der Waals surface area contributed by atoms with Crippen molar-refractivity contribution in [1.29, 1.82) is 0 Å². The van der Waals surface area contributed by atoms with Gasteiger partial charge in [-0.2, -0.15) is 0 Å². The van der Waals surface area contributed by atoms with Gasteiger partial charge >= 0.3 is 0 Å². The van der Waals surface area contributed by atoms with Gasteiger partial charge in [-0.3, -0.25) is 4.79 Å². The van der Waals surface area contributed by atoms with Crippen molar-refractivity contribution in [3.05, 3.63) is 41.5 Å². The van der Waals surface area contributed by atoms with Gasteiger partial charge in [0.2, 0.25) is 5.91 Å². The van der Waals surface area contributed by atoms with Gasteiger partial charge in [0.15, 0.2) is 5.89 Å². The Labute approximate surface area is 148 Å². The number of hydrogen-bond acceptors (Lipinski definition) is 5. The Morgan fingerprint density at radius 3 is 2.76 bits per heavy atom. The minimum absolute atomic E-state index is 0.0675. The fourth-order valence-corrected chi connectivity index (χ4v) is 2.90. The maximum Gasteiger partial charge on any atom is 0.223 e. The number of carbonyl (C=O) groups excluding carboxylic acids is 1. The van der Waals surface area contributed by atoms with Crippen LogP contribution in [0.1, 0.15) is 56.4 Å². The van der Waals surface area contributed by atoms with E-state index in [0.717, 1.165) is 17.3 Å². The van der Waals surface area contributed by atoms with Gasteiger partial charge in [0, 0.05) is 24.8 Å². The Kier molecular flexibility index (Phi) is 4.99. The predicted octanol–water partition coefficient (Wildman–Crippen LogP) is 3.41. The Balaban J connectivity index is 1.64. The molecule has 1 saturated heterocycles. The van der Waals surface area contributed by atoms with E-state index in [0.29, 0.717) is 38.5 Å². The Morgan fingerprint density at radius 2 is 2.12 bits per heavy atom. The molecule has 2 aromatic rings. The number of ether oxygens (including phenoxy) is 1. The van der Waals surface area contributed by atoms with Gasteiger partial charge in [-0.1, -0.05) is 20.8 Å². The Morgan fingerprint density at radius 1 is 1.32 bits per heavy atom. The number of morpholine rings is 1. The number of aromatic nitrogens is 1. The Bertz CT molecular complexity index is 726. The molecular weight excluding hydrogens is 320 g/mol. The van der Waals surface area contributed by atoms with E-state index in [-0.39, 0.29) is 17.4 Å². The van der Waals surface area contributed by atoms with Crippen molar-refractivity contribution in [3.63, 3.8) is 0 Å². The third-order valence-electron chi connectivity index (χ3n) is 4.38. The SMILES string of the molecule is Cc1ccc([C@H]2COCCN2C(=O)CCc2ncc(C(C)(C)C)o2)o1. The van der Waals surface area contributed by atoms with Crippen LogP contribution in [0.15, 0.2) is 27.2 Å². The maximum atomic E-state index is 12.7. The summed E-state index contributed by atoms with van der Waals surface area (Å²) in [6, 6.07) is 3.66. The number of rotatable bonds is 4. The van der Waals surface area contributed by atoms with Crippen LogP contribution in [0.25, 0.3) is 0 Å². The molecule has 2 aromatic heterocycles. The smallest absolute Gasteiger partial charge is 0.223 e. The molecule has 0 aliphatic carbocycles. The van der Waals surface area contributed by atoms with Crippen molar-refractivity contribution in [2.24, 2.45) is 0 Å². The summed E-state index contributed by atoms with van der Waals surface area (Å²) in [5.74, 6) is 3.12. The van der Waals surface area contributed by atoms with E-state index >= 15 is 0 Å². The molecule has 1 fully saturated rings. The second-order valence-corrected chi connectivity index (χ2v) is 7.49. The van der Waals surface area contributed by atoms with Crippen molar-refractivity contribution in [1.82, 2.24) is 9.88 Å². The lowest BCUT2D eigenvalue weighted by Crippen LogP contribution is -2.43. The van der Waals surface area contributed by atoms with E-state index in [1.54, 1.807) is 6.20 Å². The molecule has 1 amide bonds. The molecule has 0 spiro atoms. The number of aryl methyl sites for hydroxylation is 2. The molecule has 0 bridgehead atoms. The van der Waals surface area contributed by atoms with Gasteiger partial charge in [-0.05, 0) is 19.1 Å². The fourth-order valence-electron chi connectivity index (χ4n) is 2.90. The lowest BCUT2D eigenvalue weighted by Gasteiger charge is -2.34. The van der Waals surface area contributed by atoms with Crippen molar-refractivity contribution >= 4 is 5.91 Å². The molecule has 0 N–H and O–H groups in total. The molecule has 25 heavy (non-hydrogen) atoms. The summed E-state index contributed by atoms with van der Waals surface area (Å²) < 4.78 is 17.0. The first-order valence-electron chi connectivity index (χ1n) is 8.73. The van der Waals surface area contributed by atoms with Gasteiger partial charge in [-0.25, -0.2) is 4.98 Å². The minimum atomic E-state index is -0.162. The summed E-state index contributed by atoms with van der Waals surface area (Å²) in [4.78, 5) is 18.9. The maximum absolute atomic E-state index is 12.7. The normalized spacial score (nSPS) is 18.6. The highest BCUT2D eigenvalue weighted by atomic mass is 16.5. The van der Waals surface area contributed by atoms with Gasteiger partial charge < -0.3 is 18.5 Å². The van der Waals surface area contributed by atoms with E-state index in [2.05, 4.69) is 25.8 Å². The van der Waals surface area contributed by atoms with E-state index < -0.39 is 0 Å². The third kappa shape index (κ3) is 4.12. The zero-order valence-electron chi connectivity index (χ0n) is 15.4. The number of nitrogens with zero attached hydrogens (tertiary/aromatic N) is 2. The van der Waals surface area contributed by atoms with Crippen LogP contribution in [0.5, 0.6) is 0 Å². The summed E-state index contributed by atoms with van der Waals surface area (Å²) in [6.45, 7) is 9.71. The van der Waals surface area contributed by atoms with Gasteiger partial charge in [-0.15, -0.1) is 0 Å². The molecule has 0 saturated carbocycles. The molecule has 0 aromatic carbocycles. The second kappa shape index (κ2) is 7.04. The zero-order valence-corrected chi connectivity index (χ0v) is 15.4. The number of hydrogen-bond donors (Lipinski definition) is 0. The standard InChI is InChI=1S/C19H26N2O4/c1-13-5-6-15(24-13)14-12-23-10-9-21(14)18(22)8-7-17-20-11-16(25-17)19(2,3)4/h5-6,11,14H,7-10,12H2,1-4H3/t14-/m1/s1. The number of oxazole rings is 1. The third-order valence-corrected chi connectivity index (χ3v) is 4.38. The highest BCUT2D eigenvalue weighted by molar-refractivity contribution is 5.77. The quantitative estimate of drug-likeness (QED) is 0.848. The molecule has 6 nitrogen and oxygen atoms in total. The zero-order chi connectivity index (χ0) is 18.0. The molecule has 3 rings (SSSR count). The lowest BCUT2D eigenvalue weighted by atomic mass is 9.94. The van der Waals surface area contributed by atoms with Crippen molar-refractivity contribution in [2.75, 3.05) is 19.8 Å². The van der Waals surface area contributed by atoms with E-state index in [1.807, 2.05) is 24.0 Å². The number of carbonyl (C=O) groups is 1. The van der Waals surface area contributed by atoms with Crippen molar-refractivity contribution in [2.45, 2.75) is 52.0 Å². The number of amides is 1. The molecule has 0 radical (unpaired) electrons. The first-order valence-corrected chi connectivity index (χ1v) is 8.73. The fraction of sp³-hybridized carbons (Fsp3) is 0.579. The highest BCUT2D eigenvalue weighted by Gasteiger charge is 2.30. The summed E-state index contributed by atoms with van der Waals surface area (Å²) in [5.41, 5.74) is -0.0816. The Hall–Kier alpha value is -2.08. The molecule has 3 heterocycles. The van der Waals surface area contributed by atoms with Crippen LogP contribution >= 0.6 is 0 Å². The van der Waals surface area contributed by atoms with Crippen molar-refractivity contribution in [3.8, 4) is 0 Å². The number of furan rings is 1. The van der Waals surface area contributed by atoms with Crippen LogP contribution in [0.4, 0.5) is 0 Å². The largest absolute Gasteiger partial charge is 0.464 e. The summed E-state index contributed by atoms with van der Waals surface area (Å²) in [6.07, 6.45) is 2.61. The van der Waals surface area contributed by atoms with Gasteiger partial charge in [0.25, 0.3) is 0 Å². The van der Waals surface area contributed by atoms with Crippen LogP contribution in [0.2, 0.25) is 0 Å². The average Bonchev–Trinajstić information content (AvgIpc) is 3.21. The molecule has 1 atom stereocenters. The van der Waals surface area contributed by atoms with Crippen molar-refractivity contribution < 1.29 is 18.4 Å². The van der Waals surface area contributed by atoms with Gasteiger partial charge in [0.05, 0.1) is 19.4 Å². The van der Waals surface area contributed by atoms with E-state index in [9.17, 15) is 4.79 Å². The van der Waals surface area contributed by atoms with Crippen LogP contribution in [-0.2, 0) is 21.4 Å². The molecular formula is C19H26N2O4. The van der Waals surface area contributed by atoms with Crippen LogP contribution in [0, 0.1) is 6.92 Å². The predicted molar refractivity (Wildman–Crippen MR) is 92.2 cm³/mol. The molecule has 1 aliphatic heterocycles. The van der Waals surface area contributed by atoms with Crippen LogP contribution < -0.4 is 0 Å². The van der Waals surface area contributed by atoms with Crippen LogP contribution in [-0.4, -0.2) is 35.5 Å². The molecule has 0 unspecified atom stereocenters. The van der Waals surface area contributed by atoms with Crippen LogP contribution in [0.3, 0.4) is 0 Å². The van der Waals surface area contributed by atoms with E-state index in [4.69, 9.17) is 13.6 Å². The second-order valence-electron chi connectivity index (χ2n) is 7.49. The highest BCUT2D eigenvalue weighted by Crippen LogP contribution is 2.27. The first kappa shape index (κ1) is 17.7. The minimum Gasteiger partial charge on any atom is -0.464 e. The monoisotopic (exact) mass is 346 g/mol.